The minimum Gasteiger partial charge on any atom is -0.423 e. The molecule has 0 amide bonds. The first-order chi connectivity index (χ1) is 18.5. The predicted octanol–water partition coefficient (Wildman–Crippen LogP) is 1.88. The number of para-hydroxylation sites is 1. The van der Waals surface area contributed by atoms with Gasteiger partial charge in [0.1, 0.15) is 0 Å². The van der Waals surface area contributed by atoms with Crippen LogP contribution in [-0.2, 0) is 17.1 Å². The van der Waals surface area contributed by atoms with Crippen molar-refractivity contribution in [2.75, 3.05) is 23.7 Å². The lowest BCUT2D eigenvalue weighted by molar-refractivity contribution is 0.425. The van der Waals surface area contributed by atoms with Gasteiger partial charge in [0.25, 0.3) is 10.0 Å². The van der Waals surface area contributed by atoms with Crippen molar-refractivity contribution in [1.82, 2.24) is 4.57 Å². The molecule has 4 aromatic carbocycles. The van der Waals surface area contributed by atoms with Crippen LogP contribution in [0.1, 0.15) is 0 Å². The number of anilines is 2. The Morgan fingerprint density at radius 1 is 0.846 bits per heavy atom. The SMILES string of the molecule is CN(C)c1cccc2c(S(=O)(=O)Nc3cccc(B(O)O)c3)cccc12.Cn1c(=O)oc(=O)c2ccccc21. The zero-order chi connectivity index (χ0) is 28.3. The summed E-state index contributed by atoms with van der Waals surface area (Å²) in [5.74, 6) is -0.635. The Kier molecular flexibility index (Phi) is 7.91. The molecule has 0 saturated heterocycles. The van der Waals surface area contributed by atoms with Crippen LogP contribution >= 0.6 is 0 Å². The Balaban J connectivity index is 0.000000226. The second kappa shape index (κ2) is 11.2. The van der Waals surface area contributed by atoms with E-state index in [4.69, 9.17) is 0 Å². The number of nitrogens with one attached hydrogen (secondary N) is 1. The van der Waals surface area contributed by atoms with Crippen molar-refractivity contribution >= 4 is 55.7 Å². The van der Waals surface area contributed by atoms with Crippen LogP contribution in [0.2, 0.25) is 0 Å². The number of hydrogen-bond acceptors (Lipinski definition) is 8. The lowest BCUT2D eigenvalue weighted by atomic mass is 9.80. The molecule has 200 valence electrons. The summed E-state index contributed by atoms with van der Waals surface area (Å²) in [5.41, 5.74) is 1.39. The van der Waals surface area contributed by atoms with Crippen molar-refractivity contribution in [2.45, 2.75) is 4.90 Å². The molecule has 12 heteroatoms. The highest BCUT2D eigenvalue weighted by Crippen LogP contribution is 2.31. The number of hydrogen-bond donors (Lipinski definition) is 3. The van der Waals surface area contributed by atoms with Gasteiger partial charge in [0.15, 0.2) is 0 Å². The summed E-state index contributed by atoms with van der Waals surface area (Å²) in [6.45, 7) is 0. The maximum absolute atomic E-state index is 12.9. The van der Waals surface area contributed by atoms with Crippen molar-refractivity contribution in [1.29, 1.82) is 0 Å². The molecule has 0 radical (unpaired) electrons. The van der Waals surface area contributed by atoms with Gasteiger partial charge >= 0.3 is 18.5 Å². The maximum Gasteiger partial charge on any atom is 0.488 e. The van der Waals surface area contributed by atoms with E-state index in [9.17, 15) is 28.1 Å². The number of aryl methyl sites for hydroxylation is 1. The molecule has 0 aliphatic rings. The summed E-state index contributed by atoms with van der Waals surface area (Å²) in [7, 11) is -0.155. The first-order valence-corrected chi connectivity index (χ1v) is 13.2. The summed E-state index contributed by atoms with van der Waals surface area (Å²) in [4.78, 5) is 24.3. The van der Waals surface area contributed by atoms with E-state index in [0.717, 1.165) is 11.1 Å². The molecule has 39 heavy (non-hydrogen) atoms. The Hall–Kier alpha value is -4.39. The summed E-state index contributed by atoms with van der Waals surface area (Å²) >= 11 is 0. The molecular weight excluding hydrogens is 521 g/mol. The first-order valence-electron chi connectivity index (χ1n) is 11.8. The third-order valence-corrected chi connectivity index (χ3v) is 7.45. The Morgan fingerprint density at radius 3 is 2.21 bits per heavy atom. The molecule has 0 aliphatic carbocycles. The van der Waals surface area contributed by atoms with E-state index in [1.807, 2.05) is 37.2 Å². The van der Waals surface area contributed by atoms with Gasteiger partial charge in [-0.2, -0.15) is 0 Å². The fraction of sp³-hybridized carbons (Fsp3) is 0.111. The molecule has 0 unspecified atom stereocenters. The van der Waals surface area contributed by atoms with E-state index in [-0.39, 0.29) is 16.0 Å². The number of sulfonamides is 1. The zero-order valence-electron chi connectivity index (χ0n) is 21.4. The van der Waals surface area contributed by atoms with Crippen LogP contribution in [0.25, 0.3) is 21.7 Å². The Labute approximate surface area is 224 Å². The van der Waals surface area contributed by atoms with Gasteiger partial charge in [-0.15, -0.1) is 0 Å². The average Bonchev–Trinajstić information content (AvgIpc) is 2.91. The first kappa shape index (κ1) is 27.6. The number of nitrogens with zero attached hydrogens (tertiary/aromatic N) is 2. The number of fused-ring (bicyclic) bond motifs is 2. The van der Waals surface area contributed by atoms with Gasteiger partial charge in [0, 0.05) is 43.3 Å². The quantitative estimate of drug-likeness (QED) is 0.283. The van der Waals surface area contributed by atoms with Crippen LogP contribution in [0.5, 0.6) is 0 Å². The van der Waals surface area contributed by atoms with Gasteiger partial charge in [0.05, 0.1) is 15.8 Å². The highest BCUT2D eigenvalue weighted by atomic mass is 32.2. The van der Waals surface area contributed by atoms with Crippen molar-refractivity contribution in [3.8, 4) is 0 Å². The van der Waals surface area contributed by atoms with Crippen LogP contribution in [0.15, 0.2) is 104 Å². The molecule has 0 fully saturated rings. The van der Waals surface area contributed by atoms with Crippen molar-refractivity contribution in [2.24, 2.45) is 7.05 Å². The van der Waals surface area contributed by atoms with Crippen molar-refractivity contribution < 1.29 is 22.9 Å². The van der Waals surface area contributed by atoms with E-state index in [1.165, 1.54) is 16.7 Å². The molecular formula is C27H26BN3O7S. The largest absolute Gasteiger partial charge is 0.488 e. The average molecular weight is 547 g/mol. The lowest BCUT2D eigenvalue weighted by Gasteiger charge is -2.17. The minimum absolute atomic E-state index is 0.161. The fourth-order valence-corrected chi connectivity index (χ4v) is 5.37. The third-order valence-electron chi connectivity index (χ3n) is 6.01. The second-order valence-corrected chi connectivity index (χ2v) is 10.5. The Morgan fingerprint density at radius 2 is 1.49 bits per heavy atom. The predicted molar refractivity (Wildman–Crippen MR) is 153 cm³/mol. The highest BCUT2D eigenvalue weighted by Gasteiger charge is 2.20. The third kappa shape index (κ3) is 5.88. The van der Waals surface area contributed by atoms with Gasteiger partial charge in [0.2, 0.25) is 0 Å². The topological polar surface area (TPSA) is 142 Å². The van der Waals surface area contributed by atoms with Crippen molar-refractivity contribution in [3.05, 3.63) is 106 Å². The van der Waals surface area contributed by atoms with Gasteiger partial charge in [-0.25, -0.2) is 18.0 Å². The molecule has 0 spiro atoms. The molecule has 5 aromatic rings. The molecule has 10 nitrogen and oxygen atoms in total. The Bertz CT molecular complexity index is 1880. The summed E-state index contributed by atoms with van der Waals surface area (Å²) < 4.78 is 34.1. The van der Waals surface area contributed by atoms with Crippen LogP contribution in [0, 0.1) is 0 Å². The van der Waals surface area contributed by atoms with Gasteiger partial charge < -0.3 is 19.4 Å². The van der Waals surface area contributed by atoms with Crippen LogP contribution < -0.4 is 26.5 Å². The molecule has 1 aromatic heterocycles. The molecule has 0 atom stereocenters. The zero-order valence-corrected chi connectivity index (χ0v) is 22.2. The molecule has 1 heterocycles. The number of aromatic nitrogens is 1. The monoisotopic (exact) mass is 547 g/mol. The minimum atomic E-state index is -3.86. The molecule has 3 N–H and O–H groups in total. The standard InChI is InChI=1S/C18H19BN2O4S.C9H7NO3/c1-21(2)17-10-4-9-16-15(17)8-5-11-18(16)26(24,25)20-14-7-3-6-13(12-14)19(22)23;1-10-7-5-3-2-4-6(7)8(11)13-9(10)12/h3-12,20,22-23H,1-2H3;2-5H,1H3. The summed E-state index contributed by atoms with van der Waals surface area (Å²) in [6.07, 6.45) is 0. The molecule has 0 bridgehead atoms. The maximum atomic E-state index is 12.9. The van der Waals surface area contributed by atoms with Crippen molar-refractivity contribution in [3.63, 3.8) is 0 Å². The van der Waals surface area contributed by atoms with E-state index in [1.54, 1.807) is 61.6 Å². The normalized spacial score (nSPS) is 11.1. The lowest BCUT2D eigenvalue weighted by Crippen LogP contribution is -2.30. The van der Waals surface area contributed by atoms with Crippen LogP contribution in [-0.4, -0.2) is 44.2 Å². The van der Waals surface area contributed by atoms with Gasteiger partial charge in [-0.3, -0.25) is 9.29 Å². The second-order valence-electron chi connectivity index (χ2n) is 8.86. The molecule has 5 rings (SSSR count). The van der Waals surface area contributed by atoms with Crippen LogP contribution in [0.4, 0.5) is 11.4 Å². The molecule has 0 aliphatic heterocycles. The van der Waals surface area contributed by atoms with E-state index in [2.05, 4.69) is 9.14 Å². The number of benzene rings is 4. The van der Waals surface area contributed by atoms with Crippen LogP contribution in [0.3, 0.4) is 0 Å². The van der Waals surface area contributed by atoms with E-state index in [0.29, 0.717) is 16.3 Å². The smallest absolute Gasteiger partial charge is 0.423 e. The summed E-state index contributed by atoms with van der Waals surface area (Å²) in [6, 6.07) is 23.5. The van der Waals surface area contributed by atoms with Gasteiger partial charge in [-0.05, 0) is 41.9 Å². The molecule has 0 saturated carbocycles. The van der Waals surface area contributed by atoms with Gasteiger partial charge in [-0.1, -0.05) is 48.5 Å². The highest BCUT2D eigenvalue weighted by molar-refractivity contribution is 7.93. The van der Waals surface area contributed by atoms with E-state index >= 15 is 0 Å². The summed E-state index contributed by atoms with van der Waals surface area (Å²) in [5, 5.41) is 20.4. The number of rotatable bonds is 5. The van der Waals surface area contributed by atoms with E-state index < -0.39 is 28.5 Å². The fourth-order valence-electron chi connectivity index (χ4n) is 4.10.